The van der Waals surface area contributed by atoms with Gasteiger partial charge in [0.05, 0.1) is 11.6 Å². The number of hydrogen-bond donors (Lipinski definition) is 1. The van der Waals surface area contributed by atoms with Gasteiger partial charge >= 0.3 is 6.03 Å². The molecule has 7 heteroatoms. The number of benzene rings is 2. The lowest BCUT2D eigenvalue weighted by atomic mass is 9.81. The molecule has 0 saturated heterocycles. The van der Waals surface area contributed by atoms with E-state index in [0.717, 1.165) is 38.8 Å². The second-order valence-electron chi connectivity index (χ2n) is 8.42. The first kappa shape index (κ1) is 24.4. The van der Waals surface area contributed by atoms with Crippen LogP contribution < -0.4 is 5.32 Å². The molecular weight excluding hydrogens is 443 g/mol. The molecule has 0 unspecified atom stereocenters. The number of halogens is 2. The summed E-state index contributed by atoms with van der Waals surface area (Å²) in [5, 5.41) is 13.2. The van der Waals surface area contributed by atoms with Gasteiger partial charge in [-0.25, -0.2) is 4.79 Å². The Kier molecular flexibility index (Phi) is 8.81. The number of carbonyl (C=O) groups is 1. The Hall–Kier alpha value is -2.26. The van der Waals surface area contributed by atoms with Gasteiger partial charge in [0.25, 0.3) is 0 Å². The molecule has 0 heterocycles. The number of rotatable bonds is 7. The zero-order valence-corrected chi connectivity index (χ0v) is 20.2. The minimum Gasteiger partial charge on any atom is -0.320 e. The van der Waals surface area contributed by atoms with Crippen molar-refractivity contribution < 1.29 is 4.79 Å². The Morgan fingerprint density at radius 3 is 2.41 bits per heavy atom. The zero-order valence-electron chi connectivity index (χ0n) is 18.7. The second kappa shape index (κ2) is 11.6. The van der Waals surface area contributed by atoms with E-state index in [-0.39, 0.29) is 12.1 Å². The number of nitrogens with one attached hydrogen (secondary N) is 1. The molecule has 1 aliphatic carbocycles. The van der Waals surface area contributed by atoms with Crippen LogP contribution in [-0.4, -0.2) is 48.6 Å². The van der Waals surface area contributed by atoms with Crippen LogP contribution in [0.3, 0.4) is 0 Å². The molecule has 32 heavy (non-hydrogen) atoms. The molecule has 3 rings (SSSR count). The van der Waals surface area contributed by atoms with Crippen molar-refractivity contribution in [2.45, 2.75) is 44.6 Å². The van der Waals surface area contributed by atoms with Crippen molar-refractivity contribution in [3.8, 4) is 6.07 Å². The minimum atomic E-state index is -0.122. The maximum atomic E-state index is 13.2. The first-order valence-electron chi connectivity index (χ1n) is 11.1. The molecule has 2 aromatic rings. The van der Waals surface area contributed by atoms with Crippen LogP contribution >= 0.6 is 23.2 Å². The van der Waals surface area contributed by atoms with Gasteiger partial charge in [0.15, 0.2) is 0 Å². The quantitative estimate of drug-likeness (QED) is 0.508. The maximum absolute atomic E-state index is 13.2. The number of likely N-dealkylation sites (N-methyl/N-ethyl adjacent to an activating group) is 1. The van der Waals surface area contributed by atoms with Crippen molar-refractivity contribution >= 4 is 34.9 Å². The topological polar surface area (TPSA) is 59.4 Å². The fourth-order valence-corrected chi connectivity index (χ4v) is 4.82. The lowest BCUT2D eigenvalue weighted by molar-refractivity contribution is 0.152. The molecule has 0 radical (unpaired) electrons. The van der Waals surface area contributed by atoms with Crippen molar-refractivity contribution in [2.24, 2.45) is 0 Å². The summed E-state index contributed by atoms with van der Waals surface area (Å²) in [7, 11) is 2.06. The predicted molar refractivity (Wildman–Crippen MR) is 132 cm³/mol. The molecule has 5 nitrogen and oxygen atoms in total. The summed E-state index contributed by atoms with van der Waals surface area (Å²) >= 11 is 12.2. The van der Waals surface area contributed by atoms with Crippen LogP contribution in [-0.2, 0) is 0 Å². The summed E-state index contributed by atoms with van der Waals surface area (Å²) < 4.78 is 0. The summed E-state index contributed by atoms with van der Waals surface area (Å²) in [5.41, 5.74) is 2.52. The Balaban J connectivity index is 1.69. The molecule has 1 N–H and O–H groups in total. The second-order valence-corrected chi connectivity index (χ2v) is 9.29. The third kappa shape index (κ3) is 6.62. The van der Waals surface area contributed by atoms with E-state index in [0.29, 0.717) is 33.8 Å². The highest BCUT2D eigenvalue weighted by atomic mass is 35.5. The van der Waals surface area contributed by atoms with Gasteiger partial charge in [0.1, 0.15) is 0 Å². The summed E-state index contributed by atoms with van der Waals surface area (Å²) in [5.74, 6) is 0.425. The fraction of sp³-hybridized carbons (Fsp3) is 0.440. The van der Waals surface area contributed by atoms with Crippen molar-refractivity contribution in [3.63, 3.8) is 0 Å². The normalized spacial score (nSPS) is 18.2. The SMILES string of the molecule is CCN(C)CCN(C(=O)Nc1cc(Cl)cc(Cl)c1)C1CCC(c2cccc(C#N)c2)CC1. The molecule has 0 spiro atoms. The number of carbonyl (C=O) groups excluding carboxylic acids is 1. The van der Waals surface area contributed by atoms with Gasteiger partial charge in [-0.1, -0.05) is 42.3 Å². The summed E-state index contributed by atoms with van der Waals surface area (Å²) in [4.78, 5) is 17.4. The van der Waals surface area contributed by atoms with Crippen molar-refractivity contribution in [2.75, 3.05) is 32.0 Å². The first-order chi connectivity index (χ1) is 15.4. The number of nitriles is 1. The third-order valence-corrected chi connectivity index (χ3v) is 6.70. The van der Waals surface area contributed by atoms with Crippen LogP contribution in [0, 0.1) is 11.3 Å². The van der Waals surface area contributed by atoms with Crippen LogP contribution in [0.15, 0.2) is 42.5 Å². The van der Waals surface area contributed by atoms with Crippen molar-refractivity contribution in [3.05, 3.63) is 63.6 Å². The average molecular weight is 473 g/mol. The molecule has 0 aromatic heterocycles. The molecule has 2 amide bonds. The molecule has 0 bridgehead atoms. The van der Waals surface area contributed by atoms with Gasteiger partial charge in [-0.3, -0.25) is 0 Å². The Bertz CT molecular complexity index is 946. The lowest BCUT2D eigenvalue weighted by Crippen LogP contribution is -2.47. The monoisotopic (exact) mass is 472 g/mol. The van der Waals surface area contributed by atoms with Gasteiger partial charge in [0, 0.05) is 34.9 Å². The van der Waals surface area contributed by atoms with Gasteiger partial charge in [-0.15, -0.1) is 0 Å². The van der Waals surface area contributed by atoms with E-state index >= 15 is 0 Å². The van der Waals surface area contributed by atoms with Gasteiger partial charge in [0.2, 0.25) is 0 Å². The largest absolute Gasteiger partial charge is 0.322 e. The summed E-state index contributed by atoms with van der Waals surface area (Å²) in [6, 6.07) is 15.2. The molecule has 1 aliphatic rings. The standard InChI is InChI=1S/C25H30Cl2N4O/c1-3-30(2)11-12-31(25(32)29-23-15-21(26)14-22(27)16-23)24-9-7-19(8-10-24)20-6-4-5-18(13-20)17-28/h4-6,13-16,19,24H,3,7-12H2,1-2H3,(H,29,32). The molecule has 170 valence electrons. The van der Waals surface area contributed by atoms with Crippen LogP contribution in [0.25, 0.3) is 0 Å². The zero-order chi connectivity index (χ0) is 23.1. The van der Waals surface area contributed by atoms with Crippen molar-refractivity contribution in [1.29, 1.82) is 5.26 Å². The van der Waals surface area contributed by atoms with Gasteiger partial charge in [-0.2, -0.15) is 5.26 Å². The predicted octanol–water partition coefficient (Wildman–Crippen LogP) is 6.38. The van der Waals surface area contributed by atoms with E-state index in [9.17, 15) is 10.1 Å². The highest BCUT2D eigenvalue weighted by Gasteiger charge is 2.29. The van der Waals surface area contributed by atoms with E-state index in [1.165, 1.54) is 5.56 Å². The number of nitrogens with zero attached hydrogens (tertiary/aromatic N) is 3. The summed E-state index contributed by atoms with van der Waals surface area (Å²) in [6.45, 7) is 4.51. The molecule has 0 aliphatic heterocycles. The van der Waals surface area contributed by atoms with Crippen molar-refractivity contribution in [1.82, 2.24) is 9.80 Å². The van der Waals surface area contributed by atoms with E-state index in [1.54, 1.807) is 18.2 Å². The van der Waals surface area contributed by atoms with Crippen LogP contribution in [0.1, 0.15) is 49.7 Å². The first-order valence-corrected chi connectivity index (χ1v) is 11.9. The highest BCUT2D eigenvalue weighted by Crippen LogP contribution is 2.35. The molecule has 1 fully saturated rings. The summed E-state index contributed by atoms with van der Waals surface area (Å²) in [6.07, 6.45) is 3.86. The molecule has 2 aromatic carbocycles. The number of anilines is 1. The Labute approximate surface area is 200 Å². The fourth-order valence-electron chi connectivity index (χ4n) is 4.29. The minimum absolute atomic E-state index is 0.122. The molecular formula is C25H30Cl2N4O. The molecule has 1 saturated carbocycles. The number of urea groups is 1. The van der Waals surface area contributed by atoms with E-state index in [2.05, 4.69) is 36.3 Å². The highest BCUT2D eigenvalue weighted by molar-refractivity contribution is 6.35. The lowest BCUT2D eigenvalue weighted by Gasteiger charge is -2.38. The van der Waals surface area contributed by atoms with Crippen LogP contribution in [0.2, 0.25) is 10.0 Å². The Morgan fingerprint density at radius 2 is 1.78 bits per heavy atom. The van der Waals surface area contributed by atoms with Gasteiger partial charge in [-0.05, 0) is 81.1 Å². The van der Waals surface area contributed by atoms with E-state index in [1.807, 2.05) is 23.1 Å². The van der Waals surface area contributed by atoms with Crippen LogP contribution in [0.5, 0.6) is 0 Å². The maximum Gasteiger partial charge on any atom is 0.322 e. The van der Waals surface area contributed by atoms with E-state index in [4.69, 9.17) is 23.2 Å². The average Bonchev–Trinajstić information content (AvgIpc) is 2.78. The van der Waals surface area contributed by atoms with E-state index < -0.39 is 0 Å². The number of hydrogen-bond acceptors (Lipinski definition) is 3. The number of amides is 2. The third-order valence-electron chi connectivity index (χ3n) is 6.26. The Morgan fingerprint density at radius 1 is 1.09 bits per heavy atom. The van der Waals surface area contributed by atoms with Crippen LogP contribution in [0.4, 0.5) is 10.5 Å². The van der Waals surface area contributed by atoms with Gasteiger partial charge < -0.3 is 15.1 Å². The molecule has 0 atom stereocenters. The smallest absolute Gasteiger partial charge is 0.320 e.